The van der Waals surface area contributed by atoms with Crippen LogP contribution in [0.5, 0.6) is 0 Å². The fourth-order valence-corrected chi connectivity index (χ4v) is 5.60. The van der Waals surface area contributed by atoms with E-state index in [0.29, 0.717) is 6.42 Å². The molecule has 126 valence electrons. The highest BCUT2D eigenvalue weighted by Gasteiger charge is 2.57. The van der Waals surface area contributed by atoms with Crippen molar-refractivity contribution >= 4 is 14.1 Å². The van der Waals surface area contributed by atoms with Crippen molar-refractivity contribution < 1.29 is 9.90 Å². The van der Waals surface area contributed by atoms with Gasteiger partial charge in [-0.1, -0.05) is 76.3 Å². The molecular weight excluding hydrogens is 302 g/mol. The molecule has 1 aliphatic heterocycles. The van der Waals surface area contributed by atoms with E-state index in [0.717, 1.165) is 5.57 Å². The Kier molecular flexibility index (Phi) is 4.88. The lowest BCUT2D eigenvalue weighted by atomic mass is 9.81. The normalized spacial score (nSPS) is 22.0. The highest BCUT2D eigenvalue weighted by Crippen LogP contribution is 2.51. The average Bonchev–Trinajstić information content (AvgIpc) is 2.48. The molecule has 1 fully saturated rings. The molecule has 1 amide bonds. The fourth-order valence-electron chi connectivity index (χ4n) is 3.14. The quantitative estimate of drug-likeness (QED) is 0.501. The Morgan fingerprint density at radius 2 is 1.83 bits per heavy atom. The number of carbonyl (C=O) groups is 1. The van der Waals surface area contributed by atoms with E-state index >= 15 is 0 Å². The van der Waals surface area contributed by atoms with Gasteiger partial charge in [0, 0.05) is 0 Å². The van der Waals surface area contributed by atoms with Crippen molar-refractivity contribution in [3.8, 4) is 0 Å². The van der Waals surface area contributed by atoms with Crippen LogP contribution in [0.25, 0.3) is 0 Å². The Morgan fingerprint density at radius 3 is 2.30 bits per heavy atom. The minimum atomic E-state index is -1.94. The van der Waals surface area contributed by atoms with Gasteiger partial charge in [-0.2, -0.15) is 0 Å². The molecule has 3 nitrogen and oxygen atoms in total. The first kappa shape index (κ1) is 18.0. The van der Waals surface area contributed by atoms with Crippen LogP contribution in [0.4, 0.5) is 0 Å². The van der Waals surface area contributed by atoms with Crippen molar-refractivity contribution in [2.45, 2.75) is 51.4 Å². The molecule has 0 aliphatic carbocycles. The van der Waals surface area contributed by atoms with Crippen molar-refractivity contribution in [3.05, 3.63) is 48.0 Å². The number of aliphatic hydroxyl groups is 1. The smallest absolute Gasteiger partial charge is 0.221 e. The third-order valence-corrected chi connectivity index (χ3v) is 10.9. The standard InChI is InChI=1S/C19H29NO2Si/c1-14(13-21)12-16-17(15-10-8-7-9-11-15)20(18(16)22)23(5,6)19(2,3)4/h7-11,16-17,21H,1,12-13H2,2-6H3/t16?,17-/m0/s1. The Labute approximate surface area is 141 Å². The molecule has 0 saturated carbocycles. The van der Waals surface area contributed by atoms with Crippen LogP contribution in [0.15, 0.2) is 42.5 Å². The number of β-lactam (4-membered cyclic amide) rings is 1. The first-order valence-electron chi connectivity index (χ1n) is 8.27. The summed E-state index contributed by atoms with van der Waals surface area (Å²) >= 11 is 0. The van der Waals surface area contributed by atoms with Crippen LogP contribution < -0.4 is 0 Å². The van der Waals surface area contributed by atoms with E-state index in [2.05, 4.69) is 57.1 Å². The molecule has 1 N–H and O–H groups in total. The van der Waals surface area contributed by atoms with E-state index in [1.807, 2.05) is 18.2 Å². The van der Waals surface area contributed by atoms with Crippen LogP contribution in [-0.2, 0) is 4.79 Å². The molecule has 0 spiro atoms. The number of rotatable bonds is 5. The highest BCUT2D eigenvalue weighted by atomic mass is 28.3. The van der Waals surface area contributed by atoms with Crippen LogP contribution in [0.1, 0.15) is 38.8 Å². The van der Waals surface area contributed by atoms with Crippen molar-refractivity contribution in [1.29, 1.82) is 0 Å². The van der Waals surface area contributed by atoms with Gasteiger partial charge in [-0.3, -0.25) is 4.79 Å². The van der Waals surface area contributed by atoms with Crippen LogP contribution in [0.2, 0.25) is 18.1 Å². The number of aliphatic hydroxyl groups excluding tert-OH is 1. The second-order valence-electron chi connectivity index (χ2n) is 8.09. The van der Waals surface area contributed by atoms with Gasteiger partial charge in [-0.25, -0.2) is 0 Å². The molecule has 1 aromatic rings. The highest BCUT2D eigenvalue weighted by molar-refractivity contribution is 6.80. The molecule has 1 saturated heterocycles. The van der Waals surface area contributed by atoms with E-state index in [1.165, 1.54) is 5.56 Å². The minimum absolute atomic E-state index is 0.0502. The van der Waals surface area contributed by atoms with Gasteiger partial charge in [-0.15, -0.1) is 0 Å². The van der Waals surface area contributed by atoms with Gasteiger partial charge in [0.25, 0.3) is 0 Å². The lowest BCUT2D eigenvalue weighted by Crippen LogP contribution is -2.68. The molecule has 23 heavy (non-hydrogen) atoms. The predicted molar refractivity (Wildman–Crippen MR) is 97.6 cm³/mol. The maximum Gasteiger partial charge on any atom is 0.221 e. The Balaban J connectivity index is 2.39. The molecule has 2 rings (SSSR count). The van der Waals surface area contributed by atoms with Crippen LogP contribution in [-0.4, -0.2) is 30.4 Å². The first-order chi connectivity index (χ1) is 10.6. The van der Waals surface area contributed by atoms with E-state index < -0.39 is 8.24 Å². The Morgan fingerprint density at radius 1 is 1.26 bits per heavy atom. The van der Waals surface area contributed by atoms with Crippen molar-refractivity contribution in [2.24, 2.45) is 5.92 Å². The van der Waals surface area contributed by atoms with Gasteiger partial charge in [0.1, 0.15) is 0 Å². The van der Waals surface area contributed by atoms with Crippen molar-refractivity contribution in [2.75, 3.05) is 6.61 Å². The number of hydrogen-bond donors (Lipinski definition) is 1. The lowest BCUT2D eigenvalue weighted by Gasteiger charge is -2.59. The third kappa shape index (κ3) is 3.15. The van der Waals surface area contributed by atoms with Gasteiger partial charge in [0.15, 0.2) is 8.24 Å². The zero-order valence-corrected chi connectivity index (χ0v) is 16.0. The number of hydrogen-bond acceptors (Lipinski definition) is 2. The summed E-state index contributed by atoms with van der Waals surface area (Å²) in [5, 5.41) is 9.39. The van der Waals surface area contributed by atoms with Gasteiger partial charge in [0.05, 0.1) is 18.6 Å². The summed E-state index contributed by atoms with van der Waals surface area (Å²) in [5.41, 5.74) is 1.92. The second kappa shape index (κ2) is 6.25. The maximum absolute atomic E-state index is 12.9. The van der Waals surface area contributed by atoms with Crippen LogP contribution >= 0.6 is 0 Å². The maximum atomic E-state index is 12.9. The van der Waals surface area contributed by atoms with E-state index in [-0.39, 0.29) is 29.5 Å². The van der Waals surface area contributed by atoms with Gasteiger partial charge < -0.3 is 9.67 Å². The van der Waals surface area contributed by atoms with Crippen LogP contribution in [0.3, 0.4) is 0 Å². The fraction of sp³-hybridized carbons (Fsp3) is 0.526. The Hall–Kier alpha value is -1.39. The van der Waals surface area contributed by atoms with Gasteiger partial charge >= 0.3 is 0 Å². The average molecular weight is 332 g/mol. The van der Waals surface area contributed by atoms with Gasteiger partial charge in [0.2, 0.25) is 5.91 Å². The summed E-state index contributed by atoms with van der Waals surface area (Å²) in [5.74, 6) is 0.131. The largest absolute Gasteiger partial charge is 0.392 e. The molecule has 2 atom stereocenters. The minimum Gasteiger partial charge on any atom is -0.392 e. The molecule has 1 heterocycles. The molecule has 1 unspecified atom stereocenters. The van der Waals surface area contributed by atoms with E-state index in [4.69, 9.17) is 0 Å². The SMILES string of the molecule is C=C(CO)CC1C(=O)N([Si](C)(C)C(C)(C)C)[C@H]1c1ccccc1. The Bertz CT molecular complexity index is 589. The summed E-state index contributed by atoms with van der Waals surface area (Å²) in [7, 11) is -1.94. The summed E-state index contributed by atoms with van der Waals surface area (Å²) < 4.78 is 2.16. The van der Waals surface area contributed by atoms with Gasteiger partial charge in [-0.05, 0) is 17.0 Å². The molecule has 0 radical (unpaired) electrons. The summed E-state index contributed by atoms with van der Waals surface area (Å²) in [6.07, 6.45) is 0.569. The third-order valence-electron chi connectivity index (χ3n) is 5.52. The first-order valence-corrected chi connectivity index (χ1v) is 11.2. The van der Waals surface area contributed by atoms with E-state index in [9.17, 15) is 9.90 Å². The molecule has 0 bridgehead atoms. The van der Waals surface area contributed by atoms with E-state index in [1.54, 1.807) is 0 Å². The molecule has 0 aromatic heterocycles. The number of benzene rings is 1. The molecule has 4 heteroatoms. The monoisotopic (exact) mass is 331 g/mol. The summed E-state index contributed by atoms with van der Waals surface area (Å²) in [4.78, 5) is 12.9. The van der Waals surface area contributed by atoms with Crippen molar-refractivity contribution in [3.63, 3.8) is 0 Å². The molecule has 1 aromatic carbocycles. The topological polar surface area (TPSA) is 40.5 Å². The zero-order chi connectivity index (χ0) is 17.4. The summed E-state index contributed by atoms with van der Waals surface area (Å²) in [6.45, 7) is 15.1. The number of carbonyl (C=O) groups excluding carboxylic acids is 1. The van der Waals surface area contributed by atoms with Crippen LogP contribution in [0, 0.1) is 5.92 Å². The zero-order valence-electron chi connectivity index (χ0n) is 15.0. The van der Waals surface area contributed by atoms with Crippen molar-refractivity contribution in [1.82, 2.24) is 4.57 Å². The number of amides is 1. The molecule has 1 aliphatic rings. The summed E-state index contributed by atoms with van der Waals surface area (Å²) in [6, 6.07) is 10.4. The predicted octanol–water partition coefficient (Wildman–Crippen LogP) is 4.13. The lowest BCUT2D eigenvalue weighted by molar-refractivity contribution is -0.148. The number of nitrogens with zero attached hydrogens (tertiary/aromatic N) is 1. The second-order valence-corrected chi connectivity index (χ2v) is 13.2. The molecular formula is C19H29NO2Si.